The lowest BCUT2D eigenvalue weighted by Gasteiger charge is -2.13. The number of anilines is 1. The van der Waals surface area contributed by atoms with E-state index in [0.717, 1.165) is 6.54 Å². The molecule has 1 aromatic rings. The highest BCUT2D eigenvalue weighted by molar-refractivity contribution is 6.31. The van der Waals surface area contributed by atoms with Crippen LogP contribution in [-0.4, -0.2) is 17.6 Å². The Morgan fingerprint density at radius 3 is 2.81 bits per heavy atom. The van der Waals surface area contributed by atoms with Crippen molar-refractivity contribution in [3.05, 3.63) is 28.8 Å². The molecule has 0 atom stereocenters. The lowest BCUT2D eigenvalue weighted by molar-refractivity contribution is 0.0698. The van der Waals surface area contributed by atoms with Crippen molar-refractivity contribution in [2.45, 2.75) is 19.8 Å². The Labute approximate surface area is 99.4 Å². The summed E-state index contributed by atoms with van der Waals surface area (Å²) in [6, 6.07) is 4.79. The Balaban J connectivity index is 2.16. The number of halogens is 1. The maximum atomic E-state index is 11.0. The summed E-state index contributed by atoms with van der Waals surface area (Å²) in [6.07, 6.45) is 2.39. The molecule has 1 aliphatic carbocycles. The quantitative estimate of drug-likeness (QED) is 0.848. The van der Waals surface area contributed by atoms with Crippen LogP contribution in [0.25, 0.3) is 0 Å². The third kappa shape index (κ3) is 2.47. The van der Waals surface area contributed by atoms with Crippen LogP contribution in [0.1, 0.15) is 30.1 Å². The molecular weight excluding hydrogens is 226 g/mol. The van der Waals surface area contributed by atoms with Crippen LogP contribution in [-0.2, 0) is 0 Å². The molecular formula is C12H14ClNO2. The smallest absolute Gasteiger partial charge is 0.337 e. The molecule has 0 saturated heterocycles. The molecule has 86 valence electrons. The van der Waals surface area contributed by atoms with Crippen molar-refractivity contribution >= 4 is 23.3 Å². The van der Waals surface area contributed by atoms with Crippen molar-refractivity contribution in [3.63, 3.8) is 0 Å². The largest absolute Gasteiger partial charge is 0.478 e. The van der Waals surface area contributed by atoms with Crippen LogP contribution < -0.4 is 5.32 Å². The Bertz CT molecular complexity index is 427. The van der Waals surface area contributed by atoms with Gasteiger partial charge in [-0.15, -0.1) is 0 Å². The molecule has 1 aromatic carbocycles. The van der Waals surface area contributed by atoms with Gasteiger partial charge < -0.3 is 10.4 Å². The van der Waals surface area contributed by atoms with E-state index in [4.69, 9.17) is 16.7 Å². The fourth-order valence-corrected chi connectivity index (χ4v) is 1.72. The summed E-state index contributed by atoms with van der Waals surface area (Å²) in [4.78, 5) is 11.0. The zero-order chi connectivity index (χ0) is 11.8. The number of carbonyl (C=O) groups is 1. The molecule has 4 heteroatoms. The van der Waals surface area contributed by atoms with Gasteiger partial charge in [0.2, 0.25) is 0 Å². The van der Waals surface area contributed by atoms with Gasteiger partial charge in [-0.1, -0.05) is 18.5 Å². The monoisotopic (exact) mass is 239 g/mol. The van der Waals surface area contributed by atoms with Crippen molar-refractivity contribution in [1.29, 1.82) is 0 Å². The molecule has 3 nitrogen and oxygen atoms in total. The van der Waals surface area contributed by atoms with Gasteiger partial charge in [-0.05, 0) is 36.5 Å². The van der Waals surface area contributed by atoms with Gasteiger partial charge in [0, 0.05) is 11.6 Å². The predicted octanol–water partition coefficient (Wildman–Crippen LogP) is 3.25. The van der Waals surface area contributed by atoms with E-state index in [0.29, 0.717) is 16.1 Å². The van der Waals surface area contributed by atoms with E-state index in [1.165, 1.54) is 18.9 Å². The number of nitrogens with one attached hydrogen (secondary N) is 1. The summed E-state index contributed by atoms with van der Waals surface area (Å²) in [5.74, 6) is -0.930. The van der Waals surface area contributed by atoms with Gasteiger partial charge in [0.15, 0.2) is 0 Å². The second kappa shape index (κ2) is 3.98. The van der Waals surface area contributed by atoms with E-state index in [-0.39, 0.29) is 5.56 Å². The highest BCUT2D eigenvalue weighted by Gasteiger charge is 2.36. The maximum absolute atomic E-state index is 11.0. The SMILES string of the molecule is CC1(CNc2cc(Cl)ccc2C(=O)O)CC1. The summed E-state index contributed by atoms with van der Waals surface area (Å²) in [6.45, 7) is 2.98. The van der Waals surface area contributed by atoms with Crippen LogP contribution in [0.3, 0.4) is 0 Å². The van der Waals surface area contributed by atoms with Crippen LogP contribution in [0, 0.1) is 5.41 Å². The van der Waals surface area contributed by atoms with Crippen LogP contribution in [0.15, 0.2) is 18.2 Å². The van der Waals surface area contributed by atoms with E-state index in [1.54, 1.807) is 12.1 Å². The summed E-state index contributed by atoms with van der Waals surface area (Å²) < 4.78 is 0. The normalized spacial score (nSPS) is 16.9. The first-order valence-corrected chi connectivity index (χ1v) is 5.65. The summed E-state index contributed by atoms with van der Waals surface area (Å²) in [5.41, 5.74) is 1.21. The van der Waals surface area contributed by atoms with Crippen LogP contribution in [0.2, 0.25) is 5.02 Å². The Morgan fingerprint density at radius 1 is 1.56 bits per heavy atom. The highest BCUT2D eigenvalue weighted by atomic mass is 35.5. The van der Waals surface area contributed by atoms with Gasteiger partial charge in [-0.25, -0.2) is 4.79 Å². The zero-order valence-corrected chi connectivity index (χ0v) is 9.84. The first-order chi connectivity index (χ1) is 7.50. The molecule has 0 spiro atoms. The lowest BCUT2D eigenvalue weighted by Crippen LogP contribution is -2.14. The molecule has 0 unspecified atom stereocenters. The van der Waals surface area contributed by atoms with Gasteiger partial charge in [0.25, 0.3) is 0 Å². The van der Waals surface area contributed by atoms with Crippen LogP contribution >= 0.6 is 11.6 Å². The van der Waals surface area contributed by atoms with E-state index in [9.17, 15) is 4.79 Å². The summed E-state index contributed by atoms with van der Waals surface area (Å²) in [7, 11) is 0. The molecule has 1 fully saturated rings. The molecule has 0 radical (unpaired) electrons. The van der Waals surface area contributed by atoms with Gasteiger partial charge >= 0.3 is 5.97 Å². The van der Waals surface area contributed by atoms with E-state index < -0.39 is 5.97 Å². The summed E-state index contributed by atoms with van der Waals surface area (Å²) >= 11 is 5.85. The molecule has 2 rings (SSSR count). The number of hydrogen-bond donors (Lipinski definition) is 2. The maximum Gasteiger partial charge on any atom is 0.337 e. The number of carboxylic acid groups (broad SMARTS) is 1. The minimum Gasteiger partial charge on any atom is -0.478 e. The molecule has 0 aromatic heterocycles. The fourth-order valence-electron chi connectivity index (χ4n) is 1.55. The van der Waals surface area contributed by atoms with Crippen molar-refractivity contribution in [1.82, 2.24) is 0 Å². The van der Waals surface area contributed by atoms with E-state index in [1.807, 2.05) is 0 Å². The molecule has 0 heterocycles. The van der Waals surface area contributed by atoms with Crippen molar-refractivity contribution in [2.24, 2.45) is 5.41 Å². The highest BCUT2D eigenvalue weighted by Crippen LogP contribution is 2.44. The minimum atomic E-state index is -0.930. The number of benzene rings is 1. The number of rotatable bonds is 4. The topological polar surface area (TPSA) is 49.3 Å². The fraction of sp³-hybridized carbons (Fsp3) is 0.417. The summed E-state index contributed by atoms with van der Waals surface area (Å²) in [5, 5.41) is 12.7. The average molecular weight is 240 g/mol. The Kier molecular flexibility index (Phi) is 2.80. The molecule has 0 bridgehead atoms. The number of carboxylic acids is 1. The average Bonchev–Trinajstić information content (AvgIpc) is 2.94. The second-order valence-electron chi connectivity index (χ2n) is 4.66. The predicted molar refractivity (Wildman–Crippen MR) is 64.2 cm³/mol. The van der Waals surface area contributed by atoms with Crippen molar-refractivity contribution in [2.75, 3.05) is 11.9 Å². The second-order valence-corrected chi connectivity index (χ2v) is 5.10. The first kappa shape index (κ1) is 11.3. The third-order valence-corrected chi connectivity index (χ3v) is 3.26. The first-order valence-electron chi connectivity index (χ1n) is 5.27. The molecule has 0 aliphatic heterocycles. The van der Waals surface area contributed by atoms with Crippen LogP contribution in [0.5, 0.6) is 0 Å². The minimum absolute atomic E-state index is 0.272. The van der Waals surface area contributed by atoms with Crippen LogP contribution in [0.4, 0.5) is 5.69 Å². The van der Waals surface area contributed by atoms with E-state index in [2.05, 4.69) is 12.2 Å². The van der Waals surface area contributed by atoms with Gasteiger partial charge in [0.05, 0.1) is 11.3 Å². The third-order valence-electron chi connectivity index (χ3n) is 3.02. The van der Waals surface area contributed by atoms with Gasteiger partial charge in [-0.2, -0.15) is 0 Å². The molecule has 1 saturated carbocycles. The van der Waals surface area contributed by atoms with E-state index >= 15 is 0 Å². The molecule has 16 heavy (non-hydrogen) atoms. The van der Waals surface area contributed by atoms with Gasteiger partial charge in [0.1, 0.15) is 0 Å². The van der Waals surface area contributed by atoms with Gasteiger partial charge in [-0.3, -0.25) is 0 Å². The lowest BCUT2D eigenvalue weighted by atomic mass is 10.1. The Hall–Kier alpha value is -1.22. The standard InChI is InChI=1S/C12H14ClNO2/c1-12(4-5-12)7-14-10-6-8(13)2-3-9(10)11(15)16/h2-3,6,14H,4-5,7H2,1H3,(H,15,16). The Morgan fingerprint density at radius 2 is 2.25 bits per heavy atom. The molecule has 1 aliphatic rings. The number of aromatic carboxylic acids is 1. The molecule has 0 amide bonds. The van der Waals surface area contributed by atoms with Crippen molar-refractivity contribution < 1.29 is 9.90 Å². The zero-order valence-electron chi connectivity index (χ0n) is 9.09. The van der Waals surface area contributed by atoms with Crippen molar-refractivity contribution in [3.8, 4) is 0 Å². The number of hydrogen-bond acceptors (Lipinski definition) is 2. The molecule has 2 N–H and O–H groups in total.